The fourth-order valence-electron chi connectivity index (χ4n) is 11.0. The Kier molecular flexibility index (Phi) is 4.06. The molecular formula is C30H38NP. The predicted molar refractivity (Wildman–Crippen MR) is 134 cm³/mol. The number of hydrogen-bond acceptors (Lipinski definition) is 0. The number of benzene rings is 1. The lowest BCUT2D eigenvalue weighted by molar-refractivity contribution is 0.0194. The van der Waals surface area contributed by atoms with E-state index in [4.69, 9.17) is 0 Å². The van der Waals surface area contributed by atoms with Crippen molar-refractivity contribution >= 4 is 13.4 Å². The highest BCUT2D eigenvalue weighted by atomic mass is 31.1. The first-order chi connectivity index (χ1) is 15.7. The van der Waals surface area contributed by atoms with Gasteiger partial charge in [0.05, 0.1) is 0 Å². The van der Waals surface area contributed by atoms with Crippen molar-refractivity contribution in [1.82, 2.24) is 4.57 Å². The van der Waals surface area contributed by atoms with Crippen LogP contribution in [0.2, 0.25) is 0 Å². The van der Waals surface area contributed by atoms with E-state index in [-0.39, 0.29) is 7.92 Å². The monoisotopic (exact) mass is 443 g/mol. The van der Waals surface area contributed by atoms with Crippen molar-refractivity contribution in [3.05, 3.63) is 48.7 Å². The van der Waals surface area contributed by atoms with E-state index in [1.807, 2.05) is 0 Å². The van der Waals surface area contributed by atoms with Crippen molar-refractivity contribution in [3.8, 4) is 5.69 Å². The van der Waals surface area contributed by atoms with E-state index in [1.54, 1.807) is 82.5 Å². The maximum absolute atomic E-state index is 2.66. The van der Waals surface area contributed by atoms with Gasteiger partial charge in [0.2, 0.25) is 0 Å². The van der Waals surface area contributed by atoms with Gasteiger partial charge in [-0.3, -0.25) is 0 Å². The van der Waals surface area contributed by atoms with Crippen LogP contribution in [0.15, 0.2) is 48.7 Å². The van der Waals surface area contributed by atoms with Gasteiger partial charge in [0.25, 0.3) is 0 Å². The largest absolute Gasteiger partial charge is 0.317 e. The Bertz CT molecular complexity index is 904. The molecule has 168 valence electrons. The van der Waals surface area contributed by atoms with Crippen LogP contribution >= 0.6 is 7.92 Å². The number of rotatable bonds is 4. The molecule has 0 spiro atoms. The van der Waals surface area contributed by atoms with E-state index in [0.29, 0.717) is 10.3 Å². The van der Waals surface area contributed by atoms with Gasteiger partial charge in [-0.2, -0.15) is 0 Å². The van der Waals surface area contributed by atoms with Crippen molar-refractivity contribution in [2.45, 2.75) is 87.4 Å². The fourth-order valence-corrected chi connectivity index (χ4v) is 16.3. The normalized spacial score (nSPS) is 46.6. The number of hydrogen-bond donors (Lipinski definition) is 0. The highest BCUT2D eigenvalue weighted by molar-refractivity contribution is 7.68. The minimum Gasteiger partial charge on any atom is -0.317 e. The first-order valence-electron chi connectivity index (χ1n) is 13.7. The Hall–Kier alpha value is -1.07. The molecule has 8 aliphatic rings. The Morgan fingerprint density at radius 3 is 1.44 bits per heavy atom. The molecule has 1 nitrogen and oxygen atoms in total. The van der Waals surface area contributed by atoms with E-state index >= 15 is 0 Å². The van der Waals surface area contributed by atoms with Gasteiger partial charge in [-0.05, 0) is 155 Å². The molecule has 8 fully saturated rings. The Labute approximate surface area is 195 Å². The summed E-state index contributed by atoms with van der Waals surface area (Å²) in [6, 6.07) is 16.3. The van der Waals surface area contributed by atoms with E-state index in [2.05, 4.69) is 53.2 Å². The lowest BCUT2D eigenvalue weighted by Crippen LogP contribution is -2.58. The lowest BCUT2D eigenvalue weighted by atomic mass is 9.55. The molecule has 0 atom stereocenters. The van der Waals surface area contributed by atoms with Crippen molar-refractivity contribution in [2.24, 2.45) is 35.5 Å². The molecule has 1 aromatic heterocycles. The van der Waals surface area contributed by atoms with Crippen molar-refractivity contribution in [2.75, 3.05) is 0 Å². The Balaban J connectivity index is 1.31. The molecule has 1 aromatic carbocycles. The van der Waals surface area contributed by atoms with Crippen molar-refractivity contribution < 1.29 is 0 Å². The van der Waals surface area contributed by atoms with Gasteiger partial charge >= 0.3 is 0 Å². The first kappa shape index (κ1) is 19.3. The maximum atomic E-state index is 2.66. The highest BCUT2D eigenvalue weighted by Gasteiger charge is 2.63. The van der Waals surface area contributed by atoms with Crippen LogP contribution in [0.1, 0.15) is 77.0 Å². The molecule has 32 heavy (non-hydrogen) atoms. The third-order valence-electron chi connectivity index (χ3n) is 11.0. The molecule has 0 saturated heterocycles. The molecule has 8 saturated carbocycles. The average Bonchev–Trinajstić information content (AvgIpc) is 3.21. The van der Waals surface area contributed by atoms with Gasteiger partial charge in [-0.25, -0.2) is 0 Å². The SMILES string of the molecule is c1ccc(-n2cccc2P(C23CC4CC(CC(C4)C2)C3)C23CC4CC(CC(C4)C2)C3)cc1. The predicted octanol–water partition coefficient (Wildman–Crippen LogP) is 7.52. The van der Waals surface area contributed by atoms with Gasteiger partial charge in [-0.1, -0.05) is 18.2 Å². The second-order valence-electron chi connectivity index (χ2n) is 13.2. The molecule has 0 aliphatic heterocycles. The van der Waals surface area contributed by atoms with Crippen LogP contribution in [0, 0.1) is 35.5 Å². The van der Waals surface area contributed by atoms with Gasteiger partial charge < -0.3 is 4.57 Å². The molecule has 1 heterocycles. The molecule has 0 amide bonds. The average molecular weight is 444 g/mol. The summed E-state index contributed by atoms with van der Waals surface area (Å²) in [6.07, 6.45) is 21.3. The van der Waals surface area contributed by atoms with Crippen molar-refractivity contribution in [1.29, 1.82) is 0 Å². The number of aromatic nitrogens is 1. The molecular weight excluding hydrogens is 405 g/mol. The second kappa shape index (κ2) is 6.75. The second-order valence-corrected chi connectivity index (χ2v) is 16.2. The molecule has 8 bridgehead atoms. The van der Waals surface area contributed by atoms with Crippen LogP contribution in [0.4, 0.5) is 0 Å². The highest BCUT2D eigenvalue weighted by Crippen LogP contribution is 2.78. The topological polar surface area (TPSA) is 4.93 Å². The van der Waals surface area contributed by atoms with Crippen LogP contribution < -0.4 is 5.44 Å². The lowest BCUT2D eigenvalue weighted by Gasteiger charge is -2.67. The standard InChI is InChI=1S/C30H38NP/c1-2-5-27(6-3-1)31-8-4-7-28(31)32(29-15-21-9-22(16-29)11-23(10-21)17-29)30-18-24-12-25(19-30)14-26(13-24)20-30/h1-8,21-26H,9-20H2. The summed E-state index contributed by atoms with van der Waals surface area (Å²) >= 11 is 0. The van der Waals surface area contributed by atoms with Gasteiger partial charge in [0.15, 0.2) is 0 Å². The smallest absolute Gasteiger partial charge is 0.0469 e. The van der Waals surface area contributed by atoms with E-state index in [0.717, 1.165) is 35.5 Å². The van der Waals surface area contributed by atoms with Gasteiger partial charge in [0, 0.05) is 17.3 Å². The zero-order valence-electron chi connectivity index (χ0n) is 19.5. The first-order valence-corrected chi connectivity index (χ1v) is 15.1. The Morgan fingerprint density at radius 2 is 1.00 bits per heavy atom. The Morgan fingerprint density at radius 1 is 0.562 bits per heavy atom. The molecule has 0 radical (unpaired) electrons. The molecule has 2 heteroatoms. The quantitative estimate of drug-likeness (QED) is 0.431. The van der Waals surface area contributed by atoms with Crippen LogP contribution in [0.5, 0.6) is 0 Å². The molecule has 2 aromatic rings. The van der Waals surface area contributed by atoms with Crippen LogP contribution in [0.3, 0.4) is 0 Å². The van der Waals surface area contributed by atoms with Crippen LogP contribution in [-0.4, -0.2) is 14.9 Å². The third-order valence-corrected chi connectivity index (χ3v) is 14.8. The zero-order valence-corrected chi connectivity index (χ0v) is 20.4. The maximum Gasteiger partial charge on any atom is 0.0469 e. The summed E-state index contributed by atoms with van der Waals surface area (Å²) < 4.78 is 2.66. The molecule has 0 N–H and O–H groups in total. The number of para-hydroxylation sites is 1. The van der Waals surface area contributed by atoms with Crippen LogP contribution in [-0.2, 0) is 0 Å². The summed E-state index contributed by atoms with van der Waals surface area (Å²) in [5.74, 6) is 6.34. The molecule has 10 rings (SSSR count). The van der Waals surface area contributed by atoms with Gasteiger partial charge in [0.1, 0.15) is 0 Å². The molecule has 0 unspecified atom stereocenters. The summed E-state index contributed by atoms with van der Waals surface area (Å²) in [5.41, 5.74) is 3.16. The third kappa shape index (κ3) is 2.73. The summed E-state index contributed by atoms with van der Waals surface area (Å²) in [6.45, 7) is 0. The summed E-state index contributed by atoms with van der Waals surface area (Å²) in [5, 5.41) is 1.31. The van der Waals surface area contributed by atoms with Crippen molar-refractivity contribution in [3.63, 3.8) is 0 Å². The zero-order chi connectivity index (χ0) is 20.9. The summed E-state index contributed by atoms with van der Waals surface area (Å²) in [4.78, 5) is 0. The van der Waals surface area contributed by atoms with E-state index < -0.39 is 0 Å². The van der Waals surface area contributed by atoms with E-state index in [1.165, 1.54) is 5.69 Å². The summed E-state index contributed by atoms with van der Waals surface area (Å²) in [7, 11) is -0.148. The number of nitrogens with zero attached hydrogens (tertiary/aromatic N) is 1. The minimum absolute atomic E-state index is 0.148. The van der Waals surface area contributed by atoms with Crippen LogP contribution in [0.25, 0.3) is 5.69 Å². The molecule has 8 aliphatic carbocycles. The van der Waals surface area contributed by atoms with Gasteiger partial charge in [-0.15, -0.1) is 0 Å². The fraction of sp³-hybridized carbons (Fsp3) is 0.667. The van der Waals surface area contributed by atoms with E-state index in [9.17, 15) is 0 Å². The minimum atomic E-state index is -0.148.